The predicted octanol–water partition coefficient (Wildman–Crippen LogP) is 2.79. The van der Waals surface area contributed by atoms with Crippen LogP contribution in [-0.4, -0.2) is 24.1 Å². The zero-order chi connectivity index (χ0) is 14.4. The van der Waals surface area contributed by atoms with Gasteiger partial charge in [-0.15, -0.1) is 0 Å². The van der Waals surface area contributed by atoms with E-state index in [0.29, 0.717) is 13.2 Å². The normalized spacial score (nSPS) is 11.3. The molecule has 4 heteroatoms. The van der Waals surface area contributed by atoms with E-state index in [4.69, 9.17) is 9.47 Å². The first-order valence-corrected chi connectivity index (χ1v) is 7.07. The standard InChI is InChI=1S/C16H21NO3/c1-3-19-16(20-4-2)10-12-17-11-9-15(18)13-7-5-6-8-14(13)17/h5-9,11,16H,3-4,10,12H2,1-2H3. The van der Waals surface area contributed by atoms with Crippen molar-refractivity contribution in [2.75, 3.05) is 13.2 Å². The minimum Gasteiger partial charge on any atom is -0.353 e. The third-order valence-corrected chi connectivity index (χ3v) is 3.20. The van der Waals surface area contributed by atoms with Gasteiger partial charge in [0.2, 0.25) is 0 Å². The maximum absolute atomic E-state index is 11.8. The van der Waals surface area contributed by atoms with Crippen molar-refractivity contribution in [3.05, 3.63) is 46.8 Å². The van der Waals surface area contributed by atoms with Gasteiger partial charge in [0, 0.05) is 43.8 Å². The van der Waals surface area contributed by atoms with Crippen LogP contribution in [0.25, 0.3) is 10.9 Å². The quantitative estimate of drug-likeness (QED) is 0.730. The Morgan fingerprint density at radius 1 is 1.10 bits per heavy atom. The SMILES string of the molecule is CCOC(CCn1ccc(=O)c2ccccc21)OCC. The van der Waals surface area contributed by atoms with Gasteiger partial charge in [0.15, 0.2) is 11.7 Å². The number of aryl methyl sites for hydroxylation is 1. The Labute approximate surface area is 118 Å². The summed E-state index contributed by atoms with van der Waals surface area (Å²) < 4.78 is 13.2. The fourth-order valence-corrected chi connectivity index (χ4v) is 2.29. The molecule has 0 amide bonds. The molecule has 1 aromatic heterocycles. The number of fused-ring (bicyclic) bond motifs is 1. The van der Waals surface area contributed by atoms with Crippen molar-refractivity contribution in [2.45, 2.75) is 33.1 Å². The average molecular weight is 275 g/mol. The number of hydrogen-bond acceptors (Lipinski definition) is 3. The molecule has 0 spiro atoms. The van der Waals surface area contributed by atoms with Gasteiger partial charge in [-0.05, 0) is 26.0 Å². The zero-order valence-corrected chi connectivity index (χ0v) is 12.0. The lowest BCUT2D eigenvalue weighted by Crippen LogP contribution is -2.20. The minimum atomic E-state index is -0.191. The van der Waals surface area contributed by atoms with Crippen LogP contribution in [0, 0.1) is 0 Å². The fraction of sp³-hybridized carbons (Fsp3) is 0.438. The topological polar surface area (TPSA) is 40.5 Å². The molecular weight excluding hydrogens is 254 g/mol. The van der Waals surface area contributed by atoms with Crippen LogP contribution in [-0.2, 0) is 16.0 Å². The van der Waals surface area contributed by atoms with Crippen molar-refractivity contribution in [2.24, 2.45) is 0 Å². The molecule has 0 bridgehead atoms. The lowest BCUT2D eigenvalue weighted by Gasteiger charge is -2.18. The third kappa shape index (κ3) is 3.46. The summed E-state index contributed by atoms with van der Waals surface area (Å²) in [4.78, 5) is 11.8. The minimum absolute atomic E-state index is 0.0583. The van der Waals surface area contributed by atoms with Crippen LogP contribution >= 0.6 is 0 Å². The molecular formula is C16H21NO3. The van der Waals surface area contributed by atoms with Crippen molar-refractivity contribution in [3.8, 4) is 0 Å². The molecule has 2 rings (SSSR count). The summed E-state index contributed by atoms with van der Waals surface area (Å²) in [6.07, 6.45) is 2.40. The van der Waals surface area contributed by atoms with Gasteiger partial charge in [0.25, 0.3) is 0 Å². The molecule has 4 nitrogen and oxygen atoms in total. The van der Waals surface area contributed by atoms with Crippen LogP contribution in [0.4, 0.5) is 0 Å². The van der Waals surface area contributed by atoms with Gasteiger partial charge in [0.1, 0.15) is 0 Å². The maximum atomic E-state index is 11.8. The molecule has 0 saturated heterocycles. The Morgan fingerprint density at radius 2 is 1.80 bits per heavy atom. The molecule has 0 unspecified atom stereocenters. The number of hydrogen-bond donors (Lipinski definition) is 0. The van der Waals surface area contributed by atoms with Gasteiger partial charge < -0.3 is 14.0 Å². The van der Waals surface area contributed by atoms with Gasteiger partial charge in [-0.2, -0.15) is 0 Å². The third-order valence-electron chi connectivity index (χ3n) is 3.20. The summed E-state index contributed by atoms with van der Waals surface area (Å²) in [5, 5.41) is 0.749. The molecule has 0 fully saturated rings. The molecule has 0 aliphatic carbocycles. The summed E-state index contributed by atoms with van der Waals surface area (Å²) >= 11 is 0. The molecule has 0 atom stereocenters. The Bertz CT molecular complexity index is 600. The van der Waals surface area contributed by atoms with Crippen molar-refractivity contribution < 1.29 is 9.47 Å². The average Bonchev–Trinajstić information content (AvgIpc) is 2.47. The molecule has 0 aliphatic rings. The smallest absolute Gasteiger partial charge is 0.189 e. The molecule has 1 heterocycles. The zero-order valence-electron chi connectivity index (χ0n) is 12.0. The van der Waals surface area contributed by atoms with Crippen LogP contribution in [0.15, 0.2) is 41.3 Å². The van der Waals surface area contributed by atoms with E-state index in [2.05, 4.69) is 4.57 Å². The van der Waals surface area contributed by atoms with E-state index in [-0.39, 0.29) is 11.7 Å². The molecule has 0 radical (unpaired) electrons. The van der Waals surface area contributed by atoms with E-state index in [1.165, 1.54) is 0 Å². The van der Waals surface area contributed by atoms with Crippen LogP contribution in [0.5, 0.6) is 0 Å². The largest absolute Gasteiger partial charge is 0.353 e. The van der Waals surface area contributed by atoms with E-state index in [1.54, 1.807) is 6.07 Å². The number of benzene rings is 1. The van der Waals surface area contributed by atoms with Gasteiger partial charge in [-0.3, -0.25) is 4.79 Å². The van der Waals surface area contributed by atoms with Crippen molar-refractivity contribution in [3.63, 3.8) is 0 Å². The summed E-state index contributed by atoms with van der Waals surface area (Å²) in [5.74, 6) is 0. The highest BCUT2D eigenvalue weighted by molar-refractivity contribution is 5.78. The van der Waals surface area contributed by atoms with Gasteiger partial charge in [-0.1, -0.05) is 12.1 Å². The number of aromatic nitrogens is 1. The molecule has 20 heavy (non-hydrogen) atoms. The molecule has 0 N–H and O–H groups in total. The van der Waals surface area contributed by atoms with E-state index >= 15 is 0 Å². The van der Waals surface area contributed by atoms with Crippen LogP contribution in [0.2, 0.25) is 0 Å². The van der Waals surface area contributed by atoms with E-state index in [0.717, 1.165) is 23.9 Å². The summed E-state index contributed by atoms with van der Waals surface area (Å²) in [6.45, 7) is 5.94. The number of para-hydroxylation sites is 1. The van der Waals surface area contributed by atoms with Gasteiger partial charge in [-0.25, -0.2) is 0 Å². The Balaban J connectivity index is 2.17. The van der Waals surface area contributed by atoms with E-state index in [1.807, 2.05) is 44.3 Å². The second kappa shape index (κ2) is 7.22. The molecule has 0 saturated carbocycles. The predicted molar refractivity (Wildman–Crippen MR) is 79.9 cm³/mol. The number of pyridine rings is 1. The van der Waals surface area contributed by atoms with E-state index in [9.17, 15) is 4.79 Å². The number of ether oxygens (including phenoxy) is 2. The summed E-state index contributed by atoms with van der Waals surface area (Å²) in [7, 11) is 0. The first kappa shape index (κ1) is 14.8. The van der Waals surface area contributed by atoms with Crippen molar-refractivity contribution >= 4 is 10.9 Å². The van der Waals surface area contributed by atoms with Crippen LogP contribution in [0.3, 0.4) is 0 Å². The lowest BCUT2D eigenvalue weighted by molar-refractivity contribution is -0.140. The maximum Gasteiger partial charge on any atom is 0.189 e. The second-order valence-electron chi connectivity index (χ2n) is 4.52. The summed E-state index contributed by atoms with van der Waals surface area (Å²) in [5.41, 5.74) is 1.01. The Morgan fingerprint density at radius 3 is 2.50 bits per heavy atom. The van der Waals surface area contributed by atoms with Crippen molar-refractivity contribution in [1.29, 1.82) is 0 Å². The number of rotatable bonds is 7. The number of nitrogens with zero attached hydrogens (tertiary/aromatic N) is 1. The highest BCUT2D eigenvalue weighted by atomic mass is 16.7. The monoisotopic (exact) mass is 275 g/mol. The molecule has 2 aromatic rings. The molecule has 1 aromatic carbocycles. The first-order chi connectivity index (χ1) is 9.76. The second-order valence-corrected chi connectivity index (χ2v) is 4.52. The lowest BCUT2D eigenvalue weighted by atomic mass is 10.2. The van der Waals surface area contributed by atoms with Gasteiger partial charge >= 0.3 is 0 Å². The van der Waals surface area contributed by atoms with Crippen LogP contribution in [0.1, 0.15) is 20.3 Å². The van der Waals surface area contributed by atoms with Crippen LogP contribution < -0.4 is 5.43 Å². The van der Waals surface area contributed by atoms with Crippen molar-refractivity contribution in [1.82, 2.24) is 4.57 Å². The Hall–Kier alpha value is -1.65. The summed E-state index contributed by atoms with van der Waals surface area (Å²) in [6, 6.07) is 9.26. The molecule has 0 aliphatic heterocycles. The van der Waals surface area contributed by atoms with Gasteiger partial charge in [0.05, 0.1) is 5.52 Å². The van der Waals surface area contributed by atoms with E-state index < -0.39 is 0 Å². The highest BCUT2D eigenvalue weighted by Gasteiger charge is 2.09. The molecule has 108 valence electrons. The highest BCUT2D eigenvalue weighted by Crippen LogP contribution is 2.11. The Kier molecular flexibility index (Phi) is 5.32. The fourth-order valence-electron chi connectivity index (χ4n) is 2.29. The first-order valence-electron chi connectivity index (χ1n) is 7.07.